The molecule has 0 radical (unpaired) electrons. The standard InChI is InChI=1S/C14H12BrN3S/c1-18(13-7-6-10(15)8-16-13)9-14-17-11-4-2-3-5-12(11)19-14/h2-8H,9H2,1H3. The predicted molar refractivity (Wildman–Crippen MR) is 83.7 cm³/mol. The number of hydrogen-bond acceptors (Lipinski definition) is 4. The van der Waals surface area contributed by atoms with E-state index in [1.807, 2.05) is 43.6 Å². The zero-order valence-corrected chi connectivity index (χ0v) is 12.8. The van der Waals surface area contributed by atoms with E-state index in [0.29, 0.717) is 0 Å². The first-order valence-electron chi connectivity index (χ1n) is 5.89. The van der Waals surface area contributed by atoms with Gasteiger partial charge in [-0.1, -0.05) is 12.1 Å². The van der Waals surface area contributed by atoms with Crippen molar-refractivity contribution in [2.75, 3.05) is 11.9 Å². The summed E-state index contributed by atoms with van der Waals surface area (Å²) in [6.45, 7) is 0.772. The second-order valence-corrected chi connectivity index (χ2v) is 6.30. The van der Waals surface area contributed by atoms with E-state index < -0.39 is 0 Å². The van der Waals surface area contributed by atoms with Crippen LogP contribution in [0.15, 0.2) is 47.1 Å². The summed E-state index contributed by atoms with van der Waals surface area (Å²) in [5, 5.41) is 1.11. The molecule has 0 fully saturated rings. The summed E-state index contributed by atoms with van der Waals surface area (Å²) in [6.07, 6.45) is 1.81. The van der Waals surface area contributed by atoms with E-state index in [1.54, 1.807) is 11.3 Å². The van der Waals surface area contributed by atoms with Crippen LogP contribution in [0.25, 0.3) is 10.2 Å². The van der Waals surface area contributed by atoms with Gasteiger partial charge in [-0.3, -0.25) is 0 Å². The first-order valence-corrected chi connectivity index (χ1v) is 7.50. The second-order valence-electron chi connectivity index (χ2n) is 4.27. The van der Waals surface area contributed by atoms with Crippen molar-refractivity contribution in [3.63, 3.8) is 0 Å². The SMILES string of the molecule is CN(Cc1nc2ccccc2s1)c1ccc(Br)cn1. The summed E-state index contributed by atoms with van der Waals surface area (Å²) in [5.74, 6) is 0.947. The number of pyridine rings is 1. The van der Waals surface area contributed by atoms with Crippen LogP contribution in [0.4, 0.5) is 5.82 Å². The number of hydrogen-bond donors (Lipinski definition) is 0. The quantitative estimate of drug-likeness (QED) is 0.722. The van der Waals surface area contributed by atoms with Crippen molar-refractivity contribution < 1.29 is 0 Å². The highest BCUT2D eigenvalue weighted by Crippen LogP contribution is 2.23. The first-order chi connectivity index (χ1) is 9.22. The largest absolute Gasteiger partial charge is 0.353 e. The van der Waals surface area contributed by atoms with Gasteiger partial charge in [-0.05, 0) is 40.2 Å². The zero-order valence-electron chi connectivity index (χ0n) is 10.4. The maximum absolute atomic E-state index is 4.64. The maximum Gasteiger partial charge on any atom is 0.128 e. The van der Waals surface area contributed by atoms with Crippen LogP contribution in [0.3, 0.4) is 0 Å². The molecule has 96 valence electrons. The highest BCUT2D eigenvalue weighted by Gasteiger charge is 2.08. The summed E-state index contributed by atoms with van der Waals surface area (Å²) in [7, 11) is 2.03. The molecule has 3 rings (SSSR count). The highest BCUT2D eigenvalue weighted by atomic mass is 79.9. The van der Waals surface area contributed by atoms with E-state index in [0.717, 1.165) is 27.4 Å². The molecule has 0 saturated heterocycles. The molecule has 0 atom stereocenters. The number of nitrogens with zero attached hydrogens (tertiary/aromatic N) is 3. The van der Waals surface area contributed by atoms with E-state index in [1.165, 1.54) is 4.70 Å². The zero-order chi connectivity index (χ0) is 13.2. The minimum Gasteiger partial charge on any atom is -0.353 e. The van der Waals surface area contributed by atoms with Gasteiger partial charge < -0.3 is 4.90 Å². The number of thiazole rings is 1. The van der Waals surface area contributed by atoms with Crippen LogP contribution in [0.1, 0.15) is 5.01 Å². The summed E-state index contributed by atoms with van der Waals surface area (Å²) in [6, 6.07) is 12.2. The Hall–Kier alpha value is -1.46. The maximum atomic E-state index is 4.64. The third kappa shape index (κ3) is 2.77. The predicted octanol–water partition coefficient (Wildman–Crippen LogP) is 4.09. The molecule has 0 N–H and O–H groups in total. The van der Waals surface area contributed by atoms with Gasteiger partial charge in [0.05, 0.1) is 16.8 Å². The molecule has 0 unspecified atom stereocenters. The van der Waals surface area contributed by atoms with Crippen LogP contribution in [0.2, 0.25) is 0 Å². The second kappa shape index (κ2) is 5.27. The van der Waals surface area contributed by atoms with Gasteiger partial charge in [0.1, 0.15) is 10.8 Å². The van der Waals surface area contributed by atoms with Crippen LogP contribution in [-0.2, 0) is 6.54 Å². The third-order valence-corrected chi connectivity index (χ3v) is 4.30. The Morgan fingerprint density at radius 1 is 1.21 bits per heavy atom. The minimum atomic E-state index is 0.772. The number of rotatable bonds is 3. The molecule has 0 aliphatic carbocycles. The third-order valence-electron chi connectivity index (χ3n) is 2.81. The molecule has 0 saturated carbocycles. The van der Waals surface area contributed by atoms with Crippen molar-refractivity contribution in [3.8, 4) is 0 Å². The number of para-hydroxylation sites is 1. The van der Waals surface area contributed by atoms with Gasteiger partial charge in [-0.25, -0.2) is 9.97 Å². The van der Waals surface area contributed by atoms with Crippen LogP contribution in [-0.4, -0.2) is 17.0 Å². The van der Waals surface area contributed by atoms with Crippen LogP contribution < -0.4 is 4.90 Å². The molecule has 2 aromatic heterocycles. The normalized spacial score (nSPS) is 10.8. The van der Waals surface area contributed by atoms with Crippen molar-refractivity contribution in [1.82, 2.24) is 9.97 Å². The monoisotopic (exact) mass is 333 g/mol. The van der Waals surface area contributed by atoms with Gasteiger partial charge in [0.2, 0.25) is 0 Å². The molecule has 2 heterocycles. The Morgan fingerprint density at radius 3 is 2.79 bits per heavy atom. The Bertz CT molecular complexity index is 660. The minimum absolute atomic E-state index is 0.772. The van der Waals surface area contributed by atoms with Crippen molar-refractivity contribution >= 4 is 43.3 Å². The van der Waals surface area contributed by atoms with Gasteiger partial charge in [-0.2, -0.15) is 0 Å². The molecular formula is C14H12BrN3S. The number of fused-ring (bicyclic) bond motifs is 1. The van der Waals surface area contributed by atoms with Crippen molar-refractivity contribution in [2.45, 2.75) is 6.54 Å². The summed E-state index contributed by atoms with van der Waals surface area (Å²) >= 11 is 5.13. The number of anilines is 1. The Balaban J connectivity index is 1.82. The van der Waals surface area contributed by atoms with Crippen LogP contribution in [0.5, 0.6) is 0 Å². The first kappa shape index (κ1) is 12.6. The Labute approximate surface area is 124 Å². The average Bonchev–Trinajstić information content (AvgIpc) is 2.81. The van der Waals surface area contributed by atoms with Gasteiger partial charge in [0.25, 0.3) is 0 Å². The molecule has 0 spiro atoms. The molecule has 5 heteroatoms. The molecule has 0 bridgehead atoms. The van der Waals surface area contributed by atoms with Crippen LogP contribution >= 0.6 is 27.3 Å². The molecule has 3 aromatic rings. The van der Waals surface area contributed by atoms with Gasteiger partial charge in [0.15, 0.2) is 0 Å². The molecule has 3 nitrogen and oxygen atoms in total. The summed E-state index contributed by atoms with van der Waals surface area (Å²) < 4.78 is 2.22. The highest BCUT2D eigenvalue weighted by molar-refractivity contribution is 9.10. The Kier molecular flexibility index (Phi) is 3.48. The van der Waals surface area contributed by atoms with Crippen molar-refractivity contribution in [3.05, 3.63) is 52.1 Å². The smallest absolute Gasteiger partial charge is 0.128 e. The summed E-state index contributed by atoms with van der Waals surface area (Å²) in [5.41, 5.74) is 1.07. The fourth-order valence-electron chi connectivity index (χ4n) is 1.87. The number of halogens is 1. The lowest BCUT2D eigenvalue weighted by atomic mass is 10.3. The van der Waals surface area contributed by atoms with Crippen LogP contribution in [0, 0.1) is 0 Å². The van der Waals surface area contributed by atoms with Gasteiger partial charge in [0, 0.05) is 17.7 Å². The molecule has 1 aromatic carbocycles. The van der Waals surface area contributed by atoms with E-state index >= 15 is 0 Å². The fraction of sp³-hybridized carbons (Fsp3) is 0.143. The molecular weight excluding hydrogens is 322 g/mol. The lowest BCUT2D eigenvalue weighted by Gasteiger charge is -2.16. The van der Waals surface area contributed by atoms with E-state index in [4.69, 9.17) is 0 Å². The molecule has 0 amide bonds. The lowest BCUT2D eigenvalue weighted by molar-refractivity contribution is 0.890. The van der Waals surface area contributed by atoms with Gasteiger partial charge >= 0.3 is 0 Å². The fourth-order valence-corrected chi connectivity index (χ4v) is 3.12. The number of aromatic nitrogens is 2. The Morgan fingerprint density at radius 2 is 2.05 bits per heavy atom. The van der Waals surface area contributed by atoms with E-state index in [2.05, 4.69) is 36.9 Å². The lowest BCUT2D eigenvalue weighted by Crippen LogP contribution is -2.17. The van der Waals surface area contributed by atoms with Crippen molar-refractivity contribution in [2.24, 2.45) is 0 Å². The molecule has 0 aliphatic heterocycles. The van der Waals surface area contributed by atoms with Gasteiger partial charge in [-0.15, -0.1) is 11.3 Å². The van der Waals surface area contributed by atoms with E-state index in [9.17, 15) is 0 Å². The van der Waals surface area contributed by atoms with E-state index in [-0.39, 0.29) is 0 Å². The molecule has 19 heavy (non-hydrogen) atoms. The molecule has 0 aliphatic rings. The van der Waals surface area contributed by atoms with Crippen molar-refractivity contribution in [1.29, 1.82) is 0 Å². The topological polar surface area (TPSA) is 29.0 Å². The summed E-state index contributed by atoms with van der Waals surface area (Å²) in [4.78, 5) is 11.1. The number of benzene rings is 1. The average molecular weight is 334 g/mol.